The van der Waals surface area contributed by atoms with E-state index in [-0.39, 0.29) is 11.6 Å². The smallest absolute Gasteiger partial charge is 0.155 e. The molecule has 160 valence electrons. The number of nitrogens with zero attached hydrogens (tertiary/aromatic N) is 4. The number of nitrogens with one attached hydrogen (secondary N) is 2. The van der Waals surface area contributed by atoms with E-state index in [1.54, 1.807) is 24.7 Å². The van der Waals surface area contributed by atoms with Gasteiger partial charge in [-0.15, -0.1) is 0 Å². The number of hydrogen-bond donors (Lipinski definition) is 3. The standard InChI is InChI=1S/C25H17FN6O/c1-13-4-14(6-17(26)5-13)23-19-9-22(30-21(19)2-3-28-23)24-20-8-16(11-29-25(20)32-31-24)15-7-18(33)12-27-10-15/h2-12,30,33H,1H3,(H,29,31,32). The number of fused-ring (bicyclic) bond motifs is 2. The summed E-state index contributed by atoms with van der Waals surface area (Å²) in [5, 5.41) is 18.9. The third-order valence-corrected chi connectivity index (χ3v) is 5.59. The molecule has 3 N–H and O–H groups in total. The summed E-state index contributed by atoms with van der Waals surface area (Å²) in [6.45, 7) is 1.86. The highest BCUT2D eigenvalue weighted by atomic mass is 19.1. The molecule has 0 saturated carbocycles. The fourth-order valence-corrected chi connectivity index (χ4v) is 4.14. The van der Waals surface area contributed by atoms with Crippen molar-refractivity contribution in [1.29, 1.82) is 0 Å². The average Bonchev–Trinajstić information content (AvgIpc) is 3.41. The predicted molar refractivity (Wildman–Crippen MR) is 124 cm³/mol. The average molecular weight is 436 g/mol. The zero-order valence-corrected chi connectivity index (χ0v) is 17.5. The molecular weight excluding hydrogens is 419 g/mol. The van der Waals surface area contributed by atoms with Crippen molar-refractivity contribution in [3.8, 4) is 39.5 Å². The number of aromatic nitrogens is 6. The minimum Gasteiger partial charge on any atom is -0.506 e. The lowest BCUT2D eigenvalue weighted by Crippen LogP contribution is -1.87. The molecule has 0 spiro atoms. The van der Waals surface area contributed by atoms with Crippen molar-refractivity contribution in [2.45, 2.75) is 6.92 Å². The van der Waals surface area contributed by atoms with Crippen molar-refractivity contribution >= 4 is 21.9 Å². The number of H-pyrrole nitrogens is 2. The molecule has 6 rings (SSSR count). The molecule has 0 amide bonds. The maximum atomic E-state index is 14.0. The normalized spacial score (nSPS) is 11.5. The lowest BCUT2D eigenvalue weighted by atomic mass is 10.0. The Kier molecular flexibility index (Phi) is 4.19. The Balaban J connectivity index is 1.51. The molecule has 8 heteroatoms. The van der Waals surface area contributed by atoms with Gasteiger partial charge in [-0.05, 0) is 55.0 Å². The van der Waals surface area contributed by atoms with Gasteiger partial charge in [0.2, 0.25) is 0 Å². The van der Waals surface area contributed by atoms with Crippen molar-refractivity contribution in [3.63, 3.8) is 0 Å². The van der Waals surface area contributed by atoms with E-state index < -0.39 is 0 Å². The second-order valence-corrected chi connectivity index (χ2v) is 7.95. The summed E-state index contributed by atoms with van der Waals surface area (Å²) in [6, 6.07) is 12.3. The van der Waals surface area contributed by atoms with Crippen LogP contribution in [0.5, 0.6) is 5.75 Å². The summed E-state index contributed by atoms with van der Waals surface area (Å²) >= 11 is 0. The Morgan fingerprint density at radius 2 is 1.73 bits per heavy atom. The molecule has 5 heterocycles. The van der Waals surface area contributed by atoms with Crippen molar-refractivity contribution in [1.82, 2.24) is 30.1 Å². The second-order valence-electron chi connectivity index (χ2n) is 7.95. The summed E-state index contributed by atoms with van der Waals surface area (Å²) in [5.41, 5.74) is 6.80. The lowest BCUT2D eigenvalue weighted by Gasteiger charge is -2.04. The number of halogens is 1. The second kappa shape index (κ2) is 7.23. The Morgan fingerprint density at radius 1 is 0.848 bits per heavy atom. The topological polar surface area (TPSA) is 103 Å². The molecular formula is C25H17FN6O. The Bertz CT molecular complexity index is 1650. The molecule has 0 fully saturated rings. The van der Waals surface area contributed by atoms with Gasteiger partial charge >= 0.3 is 0 Å². The first-order valence-electron chi connectivity index (χ1n) is 10.3. The van der Waals surface area contributed by atoms with Gasteiger partial charge in [0.15, 0.2) is 5.65 Å². The highest BCUT2D eigenvalue weighted by Crippen LogP contribution is 2.34. The molecule has 5 aromatic heterocycles. The largest absolute Gasteiger partial charge is 0.506 e. The van der Waals surface area contributed by atoms with Crippen LogP contribution in [0, 0.1) is 12.7 Å². The number of aryl methyl sites for hydroxylation is 1. The Morgan fingerprint density at radius 3 is 2.58 bits per heavy atom. The number of hydrogen-bond acceptors (Lipinski definition) is 5. The van der Waals surface area contributed by atoms with Gasteiger partial charge in [-0.1, -0.05) is 0 Å². The van der Waals surface area contributed by atoms with Crippen LogP contribution in [0.4, 0.5) is 4.39 Å². The van der Waals surface area contributed by atoms with Crippen molar-refractivity contribution in [3.05, 3.63) is 78.6 Å². The Hall–Kier alpha value is -4.59. The molecule has 0 radical (unpaired) electrons. The first kappa shape index (κ1) is 19.1. The minimum absolute atomic E-state index is 0.0863. The highest BCUT2D eigenvalue weighted by molar-refractivity contribution is 6.00. The maximum absolute atomic E-state index is 14.0. The van der Waals surface area contributed by atoms with Crippen LogP contribution < -0.4 is 0 Å². The van der Waals surface area contributed by atoms with Gasteiger partial charge in [0.25, 0.3) is 0 Å². The lowest BCUT2D eigenvalue weighted by molar-refractivity contribution is 0.473. The number of rotatable bonds is 3. The van der Waals surface area contributed by atoms with E-state index in [0.717, 1.165) is 44.2 Å². The van der Waals surface area contributed by atoms with E-state index in [1.165, 1.54) is 18.3 Å². The molecule has 0 saturated heterocycles. The van der Waals surface area contributed by atoms with Gasteiger partial charge in [-0.3, -0.25) is 15.1 Å². The van der Waals surface area contributed by atoms with Crippen LogP contribution in [0.15, 0.2) is 67.3 Å². The van der Waals surface area contributed by atoms with Crippen LogP contribution in [0.25, 0.3) is 55.7 Å². The molecule has 33 heavy (non-hydrogen) atoms. The Labute approximate surface area is 187 Å². The summed E-state index contributed by atoms with van der Waals surface area (Å²) in [5.74, 6) is -0.207. The van der Waals surface area contributed by atoms with Crippen LogP contribution in [0.3, 0.4) is 0 Å². The fraction of sp³-hybridized carbons (Fsp3) is 0.0400. The van der Waals surface area contributed by atoms with Gasteiger partial charge in [0.05, 0.1) is 17.6 Å². The van der Waals surface area contributed by atoms with E-state index in [1.807, 2.05) is 31.2 Å². The third kappa shape index (κ3) is 3.28. The number of aromatic amines is 2. The number of benzene rings is 1. The molecule has 0 bridgehead atoms. The molecule has 0 atom stereocenters. The molecule has 0 unspecified atom stereocenters. The molecule has 0 aliphatic rings. The summed E-state index contributed by atoms with van der Waals surface area (Å²) < 4.78 is 14.0. The summed E-state index contributed by atoms with van der Waals surface area (Å²) in [6.07, 6.45) is 6.47. The van der Waals surface area contributed by atoms with Crippen molar-refractivity contribution < 1.29 is 9.50 Å². The zero-order valence-electron chi connectivity index (χ0n) is 17.5. The van der Waals surface area contributed by atoms with E-state index >= 15 is 0 Å². The fourth-order valence-electron chi connectivity index (χ4n) is 4.14. The summed E-state index contributed by atoms with van der Waals surface area (Å²) in [4.78, 5) is 16.4. The SMILES string of the molecule is Cc1cc(F)cc(-c2nccc3[nH]c(-c4n[nH]c5ncc(-c6cncc(O)c6)cc45)cc23)c1. The maximum Gasteiger partial charge on any atom is 0.155 e. The van der Waals surface area contributed by atoms with Gasteiger partial charge in [-0.25, -0.2) is 9.37 Å². The quantitative estimate of drug-likeness (QED) is 0.345. The van der Waals surface area contributed by atoms with Gasteiger partial charge in [-0.2, -0.15) is 5.10 Å². The van der Waals surface area contributed by atoms with E-state index in [2.05, 4.69) is 30.1 Å². The first-order valence-corrected chi connectivity index (χ1v) is 10.3. The van der Waals surface area contributed by atoms with Gasteiger partial charge in [0, 0.05) is 51.6 Å². The van der Waals surface area contributed by atoms with Crippen LogP contribution in [-0.2, 0) is 0 Å². The molecule has 7 nitrogen and oxygen atoms in total. The molecule has 6 aromatic rings. The van der Waals surface area contributed by atoms with Crippen LogP contribution in [0.1, 0.15) is 5.56 Å². The van der Waals surface area contributed by atoms with Crippen LogP contribution in [0.2, 0.25) is 0 Å². The monoisotopic (exact) mass is 436 g/mol. The van der Waals surface area contributed by atoms with E-state index in [4.69, 9.17) is 0 Å². The van der Waals surface area contributed by atoms with Gasteiger partial charge < -0.3 is 10.1 Å². The van der Waals surface area contributed by atoms with Gasteiger partial charge in [0.1, 0.15) is 17.3 Å². The molecule has 1 aromatic carbocycles. The minimum atomic E-state index is -0.294. The number of pyridine rings is 3. The third-order valence-electron chi connectivity index (χ3n) is 5.59. The molecule has 0 aliphatic carbocycles. The predicted octanol–water partition coefficient (Wildman–Crippen LogP) is 5.38. The van der Waals surface area contributed by atoms with Crippen molar-refractivity contribution in [2.75, 3.05) is 0 Å². The van der Waals surface area contributed by atoms with E-state index in [0.29, 0.717) is 17.0 Å². The number of aromatic hydroxyl groups is 1. The first-order chi connectivity index (χ1) is 16.0. The zero-order chi connectivity index (χ0) is 22.5. The highest BCUT2D eigenvalue weighted by Gasteiger charge is 2.16. The van der Waals surface area contributed by atoms with Crippen LogP contribution >= 0.6 is 0 Å². The van der Waals surface area contributed by atoms with Crippen molar-refractivity contribution in [2.24, 2.45) is 0 Å². The summed E-state index contributed by atoms with van der Waals surface area (Å²) in [7, 11) is 0. The van der Waals surface area contributed by atoms with E-state index in [9.17, 15) is 9.50 Å². The molecule has 0 aliphatic heterocycles. The van der Waals surface area contributed by atoms with Crippen LogP contribution in [-0.4, -0.2) is 35.2 Å².